The van der Waals surface area contributed by atoms with Crippen LogP contribution in [0.4, 0.5) is 0 Å². The summed E-state index contributed by atoms with van der Waals surface area (Å²) in [5.74, 6) is 1.27. The summed E-state index contributed by atoms with van der Waals surface area (Å²) in [7, 11) is 0. The number of ketones is 1. The van der Waals surface area contributed by atoms with Gasteiger partial charge in [-0.15, -0.1) is 0 Å². The molecular formula is C16H18O2. The molecule has 0 saturated heterocycles. The highest BCUT2D eigenvalue weighted by molar-refractivity contribution is 6.10. The van der Waals surface area contributed by atoms with Crippen molar-refractivity contribution in [2.45, 2.75) is 33.6 Å². The second-order valence-corrected chi connectivity index (χ2v) is 5.86. The lowest BCUT2D eigenvalue weighted by Gasteiger charge is -2.03. The summed E-state index contributed by atoms with van der Waals surface area (Å²) in [6.07, 6.45) is 1.76. The number of aryl methyl sites for hydroxylation is 1. The standard InChI is InChI=1S/C16H18O2/c1-4-12-14(15(17)11-9-16(11,2)3)10-7-5-6-8-13(10)18-12/h5-8,11H,4,9H2,1-3H3. The van der Waals surface area contributed by atoms with Crippen molar-refractivity contribution in [2.24, 2.45) is 11.3 Å². The molecule has 0 N–H and O–H groups in total. The van der Waals surface area contributed by atoms with Gasteiger partial charge in [-0.25, -0.2) is 0 Å². The van der Waals surface area contributed by atoms with Crippen molar-refractivity contribution < 1.29 is 9.21 Å². The van der Waals surface area contributed by atoms with Gasteiger partial charge in [0, 0.05) is 17.7 Å². The minimum absolute atomic E-state index is 0.167. The van der Waals surface area contributed by atoms with Gasteiger partial charge >= 0.3 is 0 Å². The van der Waals surface area contributed by atoms with Crippen LogP contribution >= 0.6 is 0 Å². The van der Waals surface area contributed by atoms with Gasteiger partial charge in [-0.2, -0.15) is 0 Å². The monoisotopic (exact) mass is 242 g/mol. The molecule has 2 aromatic rings. The molecule has 1 heterocycles. The molecule has 2 nitrogen and oxygen atoms in total. The van der Waals surface area contributed by atoms with Gasteiger partial charge in [-0.05, 0) is 17.9 Å². The molecule has 3 rings (SSSR count). The summed E-state index contributed by atoms with van der Waals surface area (Å²) in [6, 6.07) is 7.83. The van der Waals surface area contributed by atoms with Crippen molar-refractivity contribution in [2.75, 3.05) is 0 Å². The van der Waals surface area contributed by atoms with Crippen LogP contribution in [0, 0.1) is 11.3 Å². The molecule has 94 valence electrons. The zero-order chi connectivity index (χ0) is 12.9. The van der Waals surface area contributed by atoms with Gasteiger partial charge in [0.25, 0.3) is 0 Å². The molecule has 0 amide bonds. The maximum absolute atomic E-state index is 12.6. The molecule has 0 bridgehead atoms. The van der Waals surface area contributed by atoms with E-state index in [0.29, 0.717) is 0 Å². The minimum Gasteiger partial charge on any atom is -0.460 e. The summed E-state index contributed by atoms with van der Waals surface area (Å²) >= 11 is 0. The number of carbonyl (C=O) groups excluding carboxylic acids is 1. The molecule has 1 aromatic heterocycles. The van der Waals surface area contributed by atoms with Gasteiger partial charge in [0.05, 0.1) is 5.56 Å². The number of rotatable bonds is 3. The van der Waals surface area contributed by atoms with Gasteiger partial charge in [0.1, 0.15) is 11.3 Å². The van der Waals surface area contributed by atoms with E-state index >= 15 is 0 Å². The van der Waals surface area contributed by atoms with Crippen LogP contribution in [-0.4, -0.2) is 5.78 Å². The zero-order valence-corrected chi connectivity index (χ0v) is 11.1. The van der Waals surface area contributed by atoms with Crippen LogP contribution in [0.2, 0.25) is 0 Å². The number of carbonyl (C=O) groups is 1. The summed E-state index contributed by atoms with van der Waals surface area (Å²) in [4.78, 5) is 12.6. The van der Waals surface area contributed by atoms with Crippen LogP contribution in [-0.2, 0) is 6.42 Å². The van der Waals surface area contributed by atoms with E-state index in [1.807, 2.05) is 31.2 Å². The average molecular weight is 242 g/mol. The lowest BCUT2D eigenvalue weighted by atomic mass is 9.98. The predicted molar refractivity (Wildman–Crippen MR) is 71.8 cm³/mol. The van der Waals surface area contributed by atoms with E-state index in [1.165, 1.54) is 0 Å². The Hall–Kier alpha value is -1.57. The quantitative estimate of drug-likeness (QED) is 0.754. The largest absolute Gasteiger partial charge is 0.460 e. The van der Waals surface area contributed by atoms with Crippen molar-refractivity contribution >= 4 is 16.8 Å². The van der Waals surface area contributed by atoms with E-state index in [0.717, 1.165) is 35.1 Å². The van der Waals surface area contributed by atoms with E-state index < -0.39 is 0 Å². The van der Waals surface area contributed by atoms with Crippen molar-refractivity contribution in [1.29, 1.82) is 0 Å². The second-order valence-electron chi connectivity index (χ2n) is 5.86. The summed E-state index contributed by atoms with van der Waals surface area (Å²) < 4.78 is 5.79. The van der Waals surface area contributed by atoms with E-state index in [9.17, 15) is 4.79 Å². The van der Waals surface area contributed by atoms with Crippen LogP contribution in [0.1, 0.15) is 43.3 Å². The van der Waals surface area contributed by atoms with E-state index in [4.69, 9.17) is 4.42 Å². The fourth-order valence-corrected chi connectivity index (χ4v) is 2.70. The van der Waals surface area contributed by atoms with Crippen LogP contribution in [0.15, 0.2) is 28.7 Å². The Morgan fingerprint density at radius 2 is 2.06 bits per heavy atom. The van der Waals surface area contributed by atoms with E-state index in [2.05, 4.69) is 13.8 Å². The number of hydrogen-bond acceptors (Lipinski definition) is 2. The molecule has 2 heteroatoms. The Kier molecular flexibility index (Phi) is 2.37. The lowest BCUT2D eigenvalue weighted by Crippen LogP contribution is -2.08. The molecule has 1 unspecified atom stereocenters. The number of para-hydroxylation sites is 1. The van der Waals surface area contributed by atoms with Gasteiger partial charge in [-0.3, -0.25) is 4.79 Å². The SMILES string of the molecule is CCc1oc2ccccc2c1C(=O)C1CC1(C)C. The fourth-order valence-electron chi connectivity index (χ4n) is 2.70. The molecule has 1 atom stereocenters. The fraction of sp³-hybridized carbons (Fsp3) is 0.438. The third-order valence-corrected chi connectivity index (χ3v) is 4.07. The first kappa shape index (κ1) is 11.5. The minimum atomic E-state index is 0.167. The molecule has 1 aromatic carbocycles. The first-order valence-corrected chi connectivity index (χ1v) is 6.59. The highest BCUT2D eigenvalue weighted by atomic mass is 16.3. The Morgan fingerprint density at radius 1 is 1.39 bits per heavy atom. The van der Waals surface area contributed by atoms with Crippen LogP contribution < -0.4 is 0 Å². The maximum Gasteiger partial charge on any atom is 0.170 e. The molecule has 1 aliphatic carbocycles. The normalized spacial score (nSPS) is 21.2. The number of fused-ring (bicyclic) bond motifs is 1. The number of Topliss-reactive ketones (excluding diaryl/α,β-unsaturated/α-hetero) is 1. The smallest absolute Gasteiger partial charge is 0.170 e. The van der Waals surface area contributed by atoms with Gasteiger partial charge in [0.2, 0.25) is 0 Å². The molecular weight excluding hydrogens is 224 g/mol. The Bertz CT molecular complexity index is 619. The average Bonchev–Trinajstić information content (AvgIpc) is 2.85. The summed E-state index contributed by atoms with van der Waals surface area (Å²) in [5, 5.41) is 0.974. The second kappa shape index (κ2) is 3.71. The topological polar surface area (TPSA) is 30.2 Å². The Balaban J connectivity index is 2.13. The highest BCUT2D eigenvalue weighted by Crippen LogP contribution is 2.53. The molecule has 0 radical (unpaired) electrons. The van der Waals surface area contributed by atoms with Crippen LogP contribution in [0.3, 0.4) is 0 Å². The number of hydrogen-bond donors (Lipinski definition) is 0. The van der Waals surface area contributed by atoms with Crippen molar-refractivity contribution in [3.8, 4) is 0 Å². The first-order chi connectivity index (χ1) is 8.54. The molecule has 0 aliphatic heterocycles. The molecule has 1 saturated carbocycles. The van der Waals surface area contributed by atoms with Crippen molar-refractivity contribution in [3.05, 3.63) is 35.6 Å². The third kappa shape index (κ3) is 1.59. The Labute approximate surface area is 107 Å². The van der Waals surface area contributed by atoms with Gasteiger partial charge in [-0.1, -0.05) is 39.0 Å². The first-order valence-electron chi connectivity index (χ1n) is 6.59. The summed E-state index contributed by atoms with van der Waals surface area (Å²) in [6.45, 7) is 6.35. The van der Waals surface area contributed by atoms with Crippen molar-refractivity contribution in [1.82, 2.24) is 0 Å². The van der Waals surface area contributed by atoms with Crippen LogP contribution in [0.25, 0.3) is 11.0 Å². The molecule has 1 aliphatic rings. The predicted octanol–water partition coefficient (Wildman–Crippen LogP) is 4.22. The molecule has 0 spiro atoms. The molecule has 18 heavy (non-hydrogen) atoms. The van der Waals surface area contributed by atoms with Crippen LogP contribution in [0.5, 0.6) is 0 Å². The van der Waals surface area contributed by atoms with Gasteiger partial charge in [0.15, 0.2) is 5.78 Å². The zero-order valence-electron chi connectivity index (χ0n) is 11.1. The third-order valence-electron chi connectivity index (χ3n) is 4.07. The summed E-state index contributed by atoms with van der Waals surface area (Å²) in [5.41, 5.74) is 1.82. The van der Waals surface area contributed by atoms with E-state index in [-0.39, 0.29) is 17.1 Å². The lowest BCUT2D eigenvalue weighted by molar-refractivity contribution is 0.0953. The van der Waals surface area contributed by atoms with E-state index in [1.54, 1.807) is 0 Å². The number of benzene rings is 1. The van der Waals surface area contributed by atoms with Crippen molar-refractivity contribution in [3.63, 3.8) is 0 Å². The number of furan rings is 1. The molecule has 1 fully saturated rings. The van der Waals surface area contributed by atoms with Gasteiger partial charge < -0.3 is 4.42 Å². The Morgan fingerprint density at radius 3 is 2.67 bits per heavy atom. The highest BCUT2D eigenvalue weighted by Gasteiger charge is 2.51. The maximum atomic E-state index is 12.6.